The lowest BCUT2D eigenvalue weighted by atomic mass is 10.0. The minimum Gasteiger partial charge on any atom is -0.476 e. The van der Waals surface area contributed by atoms with Crippen LogP contribution in [0.15, 0.2) is 12.4 Å². The molecule has 0 radical (unpaired) electrons. The van der Waals surface area contributed by atoms with Gasteiger partial charge in [-0.25, -0.2) is 14.8 Å². The highest BCUT2D eigenvalue weighted by Gasteiger charge is 2.41. The van der Waals surface area contributed by atoms with Crippen molar-refractivity contribution in [2.75, 3.05) is 11.9 Å². The van der Waals surface area contributed by atoms with E-state index in [1.54, 1.807) is 0 Å². The normalized spacial score (nSPS) is 16.5. The van der Waals surface area contributed by atoms with Crippen molar-refractivity contribution in [2.24, 2.45) is 5.41 Å². The van der Waals surface area contributed by atoms with Gasteiger partial charge in [0.05, 0.1) is 12.4 Å². The highest BCUT2D eigenvalue weighted by atomic mass is 16.4. The lowest BCUT2D eigenvalue weighted by Gasteiger charge is -2.14. The quantitative estimate of drug-likeness (QED) is 0.790. The molecule has 2 rings (SSSR count). The third kappa shape index (κ3) is 2.93. The number of hydrogen-bond acceptors (Lipinski definition) is 4. The number of aromatic carboxylic acids is 1. The van der Waals surface area contributed by atoms with Gasteiger partial charge in [-0.1, -0.05) is 13.3 Å². The second-order valence-corrected chi connectivity index (χ2v) is 4.70. The van der Waals surface area contributed by atoms with Crippen molar-refractivity contribution in [1.82, 2.24) is 9.97 Å². The Morgan fingerprint density at radius 2 is 2.24 bits per heavy atom. The first kappa shape index (κ1) is 11.8. The van der Waals surface area contributed by atoms with Crippen molar-refractivity contribution in [1.29, 1.82) is 0 Å². The highest BCUT2D eigenvalue weighted by molar-refractivity contribution is 5.84. The van der Waals surface area contributed by atoms with Crippen LogP contribution in [0.25, 0.3) is 0 Å². The molecule has 0 unspecified atom stereocenters. The van der Waals surface area contributed by atoms with Crippen molar-refractivity contribution in [3.8, 4) is 0 Å². The van der Waals surface area contributed by atoms with Gasteiger partial charge in [0.1, 0.15) is 5.82 Å². The fourth-order valence-electron chi connectivity index (χ4n) is 2.03. The maximum atomic E-state index is 10.6. The molecular weight excluding hydrogens is 218 g/mol. The molecule has 0 aromatic carbocycles. The first-order valence-electron chi connectivity index (χ1n) is 5.94. The maximum absolute atomic E-state index is 10.6. The number of nitrogens with zero attached hydrogens (tertiary/aromatic N) is 2. The lowest BCUT2D eigenvalue weighted by molar-refractivity contribution is 0.0690. The maximum Gasteiger partial charge on any atom is 0.356 e. The molecule has 5 nitrogen and oxygen atoms in total. The zero-order chi connectivity index (χ0) is 12.3. The average molecular weight is 235 g/mol. The zero-order valence-electron chi connectivity index (χ0n) is 9.94. The van der Waals surface area contributed by atoms with Gasteiger partial charge >= 0.3 is 5.97 Å². The number of aromatic nitrogens is 2. The second kappa shape index (κ2) is 4.69. The van der Waals surface area contributed by atoms with E-state index in [1.165, 1.54) is 38.1 Å². The van der Waals surface area contributed by atoms with E-state index in [1.807, 2.05) is 0 Å². The van der Waals surface area contributed by atoms with Crippen LogP contribution in [0.4, 0.5) is 5.82 Å². The number of carboxylic acid groups (broad SMARTS) is 1. The van der Waals surface area contributed by atoms with Crippen molar-refractivity contribution in [2.45, 2.75) is 32.6 Å². The van der Waals surface area contributed by atoms with E-state index < -0.39 is 5.97 Å². The molecule has 0 saturated heterocycles. The van der Waals surface area contributed by atoms with Crippen LogP contribution in [0.2, 0.25) is 0 Å². The predicted molar refractivity (Wildman–Crippen MR) is 64.1 cm³/mol. The Labute approximate surface area is 100 Å². The summed E-state index contributed by atoms with van der Waals surface area (Å²) in [6.07, 6.45) is 7.74. The first-order valence-corrected chi connectivity index (χ1v) is 5.94. The van der Waals surface area contributed by atoms with Crippen LogP contribution < -0.4 is 5.32 Å². The SMILES string of the molecule is CCCC1(CNc2cnc(C(=O)O)cn2)CC1. The molecule has 5 heteroatoms. The summed E-state index contributed by atoms with van der Waals surface area (Å²) < 4.78 is 0. The van der Waals surface area contributed by atoms with E-state index >= 15 is 0 Å². The Morgan fingerprint density at radius 1 is 1.47 bits per heavy atom. The Bertz CT molecular complexity index is 399. The molecule has 0 aliphatic heterocycles. The number of carbonyl (C=O) groups is 1. The number of rotatable bonds is 6. The molecule has 1 aliphatic carbocycles. The van der Waals surface area contributed by atoms with E-state index in [-0.39, 0.29) is 5.69 Å². The van der Waals surface area contributed by atoms with Crippen LogP contribution in [0.3, 0.4) is 0 Å². The topological polar surface area (TPSA) is 75.1 Å². The van der Waals surface area contributed by atoms with E-state index in [9.17, 15) is 4.79 Å². The molecular formula is C12H17N3O2. The van der Waals surface area contributed by atoms with Gasteiger partial charge < -0.3 is 10.4 Å². The molecule has 0 bridgehead atoms. The van der Waals surface area contributed by atoms with Gasteiger partial charge in [-0.05, 0) is 24.7 Å². The third-order valence-electron chi connectivity index (χ3n) is 3.25. The van der Waals surface area contributed by atoms with Gasteiger partial charge in [-0.3, -0.25) is 0 Å². The van der Waals surface area contributed by atoms with E-state index in [2.05, 4.69) is 22.2 Å². The average Bonchev–Trinajstić information content (AvgIpc) is 3.08. The molecule has 92 valence electrons. The Kier molecular flexibility index (Phi) is 3.26. The number of anilines is 1. The molecule has 17 heavy (non-hydrogen) atoms. The molecule has 1 heterocycles. The Morgan fingerprint density at radius 3 is 2.71 bits per heavy atom. The molecule has 2 N–H and O–H groups in total. The van der Waals surface area contributed by atoms with Gasteiger partial charge in [0.2, 0.25) is 0 Å². The first-order chi connectivity index (χ1) is 8.15. The number of carboxylic acids is 1. The van der Waals surface area contributed by atoms with E-state index in [0.29, 0.717) is 11.2 Å². The van der Waals surface area contributed by atoms with Crippen molar-refractivity contribution in [3.05, 3.63) is 18.1 Å². The van der Waals surface area contributed by atoms with Crippen LogP contribution in [0, 0.1) is 5.41 Å². The lowest BCUT2D eigenvalue weighted by Crippen LogP contribution is -2.16. The molecule has 0 spiro atoms. The Balaban J connectivity index is 1.89. The zero-order valence-corrected chi connectivity index (χ0v) is 9.94. The summed E-state index contributed by atoms with van der Waals surface area (Å²) in [4.78, 5) is 18.5. The van der Waals surface area contributed by atoms with Crippen LogP contribution in [-0.2, 0) is 0 Å². The largest absolute Gasteiger partial charge is 0.476 e. The Hall–Kier alpha value is -1.65. The summed E-state index contributed by atoms with van der Waals surface area (Å²) in [5.41, 5.74) is 0.423. The summed E-state index contributed by atoms with van der Waals surface area (Å²) in [6, 6.07) is 0. The molecule has 1 saturated carbocycles. The van der Waals surface area contributed by atoms with Crippen LogP contribution in [0.5, 0.6) is 0 Å². The van der Waals surface area contributed by atoms with Crippen molar-refractivity contribution in [3.63, 3.8) is 0 Å². The summed E-state index contributed by atoms with van der Waals surface area (Å²) in [5.74, 6) is -0.397. The van der Waals surface area contributed by atoms with E-state index in [4.69, 9.17) is 5.11 Å². The fraction of sp³-hybridized carbons (Fsp3) is 0.583. The van der Waals surface area contributed by atoms with E-state index in [0.717, 1.165) is 6.54 Å². The minimum atomic E-state index is -1.05. The van der Waals surface area contributed by atoms with Crippen molar-refractivity contribution >= 4 is 11.8 Å². The summed E-state index contributed by atoms with van der Waals surface area (Å²) >= 11 is 0. The number of hydrogen-bond donors (Lipinski definition) is 2. The molecule has 1 aromatic heterocycles. The molecule has 1 aliphatic rings. The summed E-state index contributed by atoms with van der Waals surface area (Å²) in [5, 5.41) is 11.9. The van der Waals surface area contributed by atoms with Gasteiger partial charge in [-0.15, -0.1) is 0 Å². The minimum absolute atomic E-state index is 0.0229. The van der Waals surface area contributed by atoms with Crippen molar-refractivity contribution < 1.29 is 9.90 Å². The summed E-state index contributed by atoms with van der Waals surface area (Å²) in [7, 11) is 0. The molecule has 0 atom stereocenters. The smallest absolute Gasteiger partial charge is 0.356 e. The monoisotopic (exact) mass is 235 g/mol. The van der Waals surface area contributed by atoms with Gasteiger partial charge in [0.15, 0.2) is 5.69 Å². The van der Waals surface area contributed by atoms with Crippen LogP contribution in [-0.4, -0.2) is 27.6 Å². The molecule has 0 amide bonds. The molecule has 1 aromatic rings. The summed E-state index contributed by atoms with van der Waals surface area (Å²) in [6.45, 7) is 3.10. The predicted octanol–water partition coefficient (Wildman–Crippen LogP) is 2.17. The van der Waals surface area contributed by atoms with Crippen LogP contribution >= 0.6 is 0 Å². The van der Waals surface area contributed by atoms with Gasteiger partial charge in [-0.2, -0.15) is 0 Å². The number of nitrogens with one attached hydrogen (secondary N) is 1. The highest BCUT2D eigenvalue weighted by Crippen LogP contribution is 2.49. The second-order valence-electron chi connectivity index (χ2n) is 4.70. The standard InChI is InChI=1S/C12H17N3O2/c1-2-3-12(4-5-12)8-15-10-7-13-9(6-14-10)11(16)17/h6-7H,2-5,8H2,1H3,(H,14,15)(H,16,17). The van der Waals surface area contributed by atoms with Gasteiger partial charge in [0, 0.05) is 6.54 Å². The molecule has 1 fully saturated rings. The fourth-order valence-corrected chi connectivity index (χ4v) is 2.03. The third-order valence-corrected chi connectivity index (χ3v) is 3.25. The van der Waals surface area contributed by atoms with Gasteiger partial charge in [0.25, 0.3) is 0 Å². The van der Waals surface area contributed by atoms with Crippen LogP contribution in [0.1, 0.15) is 43.1 Å².